The molecule has 1 aromatic heterocycles. The van der Waals surface area contributed by atoms with E-state index < -0.39 is 0 Å². The minimum absolute atomic E-state index is 0.457. The molecule has 0 radical (unpaired) electrons. The molecule has 0 atom stereocenters. The van der Waals surface area contributed by atoms with Gasteiger partial charge in [-0.15, -0.1) is 0 Å². The van der Waals surface area contributed by atoms with E-state index in [1.54, 1.807) is 12.3 Å². The van der Waals surface area contributed by atoms with Crippen molar-refractivity contribution < 1.29 is 0 Å². The van der Waals surface area contributed by atoms with Crippen molar-refractivity contribution in [2.45, 2.75) is 0 Å². The van der Waals surface area contributed by atoms with Gasteiger partial charge in [-0.3, -0.25) is 0 Å². The molecule has 82 valence electrons. The van der Waals surface area contributed by atoms with E-state index in [-0.39, 0.29) is 0 Å². The molecule has 0 amide bonds. The standard InChI is InChI=1S/C11H7BrCl2N2/c12-9-5-7(1-2-10(9)13)16-8-3-4-15-11(14)6-8/h1-6H,(H,15,16). The fraction of sp³-hybridized carbons (Fsp3) is 0. The van der Waals surface area contributed by atoms with Gasteiger partial charge in [-0.05, 0) is 46.3 Å². The summed E-state index contributed by atoms with van der Waals surface area (Å²) in [5.41, 5.74) is 1.81. The smallest absolute Gasteiger partial charge is 0.131 e. The van der Waals surface area contributed by atoms with Gasteiger partial charge in [0, 0.05) is 22.0 Å². The number of nitrogens with one attached hydrogen (secondary N) is 1. The average molecular weight is 318 g/mol. The summed E-state index contributed by atoms with van der Waals surface area (Å²) >= 11 is 15.1. The Bertz CT molecular complexity index is 517. The largest absolute Gasteiger partial charge is 0.355 e. The van der Waals surface area contributed by atoms with Crippen LogP contribution in [0.25, 0.3) is 0 Å². The molecule has 0 aliphatic carbocycles. The Kier molecular flexibility index (Phi) is 3.69. The summed E-state index contributed by atoms with van der Waals surface area (Å²) in [7, 11) is 0. The van der Waals surface area contributed by atoms with Gasteiger partial charge in [-0.1, -0.05) is 23.2 Å². The molecule has 1 N–H and O–H groups in total. The molecular weight excluding hydrogens is 311 g/mol. The summed E-state index contributed by atoms with van der Waals surface area (Å²) in [6.07, 6.45) is 1.65. The summed E-state index contributed by atoms with van der Waals surface area (Å²) in [6.45, 7) is 0. The summed E-state index contributed by atoms with van der Waals surface area (Å²) < 4.78 is 0.847. The van der Waals surface area contributed by atoms with Crippen molar-refractivity contribution in [1.82, 2.24) is 4.98 Å². The van der Waals surface area contributed by atoms with Gasteiger partial charge in [0.05, 0.1) is 5.02 Å². The van der Waals surface area contributed by atoms with E-state index in [9.17, 15) is 0 Å². The SMILES string of the molecule is Clc1cc(Nc2ccc(Cl)c(Br)c2)ccn1. The summed E-state index contributed by atoms with van der Waals surface area (Å²) in [6, 6.07) is 9.20. The van der Waals surface area contributed by atoms with E-state index in [1.807, 2.05) is 24.3 Å². The molecule has 16 heavy (non-hydrogen) atoms. The van der Waals surface area contributed by atoms with Crippen LogP contribution in [0.3, 0.4) is 0 Å². The molecule has 5 heteroatoms. The van der Waals surface area contributed by atoms with E-state index in [1.165, 1.54) is 0 Å². The summed E-state index contributed by atoms with van der Waals surface area (Å²) in [5.74, 6) is 0. The van der Waals surface area contributed by atoms with Crippen LogP contribution >= 0.6 is 39.1 Å². The molecule has 0 unspecified atom stereocenters. The van der Waals surface area contributed by atoms with Gasteiger partial charge in [0.25, 0.3) is 0 Å². The van der Waals surface area contributed by atoms with Gasteiger partial charge >= 0.3 is 0 Å². The normalized spacial score (nSPS) is 10.2. The van der Waals surface area contributed by atoms with Crippen LogP contribution in [-0.2, 0) is 0 Å². The lowest BCUT2D eigenvalue weighted by molar-refractivity contribution is 1.32. The molecule has 1 aromatic carbocycles. The third-order valence-corrected chi connectivity index (χ3v) is 3.36. The number of benzene rings is 1. The van der Waals surface area contributed by atoms with Crippen molar-refractivity contribution >= 4 is 50.5 Å². The second-order valence-electron chi connectivity index (χ2n) is 3.12. The summed E-state index contributed by atoms with van der Waals surface area (Å²) in [4.78, 5) is 3.91. The van der Waals surface area contributed by atoms with Crippen LogP contribution in [0.1, 0.15) is 0 Å². The van der Waals surface area contributed by atoms with Gasteiger partial charge in [-0.2, -0.15) is 0 Å². The molecule has 0 aliphatic heterocycles. The van der Waals surface area contributed by atoms with Crippen molar-refractivity contribution in [3.05, 3.63) is 51.2 Å². The Balaban J connectivity index is 2.24. The molecule has 2 aromatic rings. The van der Waals surface area contributed by atoms with E-state index >= 15 is 0 Å². The topological polar surface area (TPSA) is 24.9 Å². The summed E-state index contributed by atoms with van der Waals surface area (Å²) in [5, 5.41) is 4.34. The monoisotopic (exact) mass is 316 g/mol. The van der Waals surface area contributed by atoms with Crippen LogP contribution in [0.4, 0.5) is 11.4 Å². The lowest BCUT2D eigenvalue weighted by Gasteiger charge is -2.07. The van der Waals surface area contributed by atoms with Crippen LogP contribution in [0.15, 0.2) is 41.0 Å². The van der Waals surface area contributed by atoms with Gasteiger partial charge in [0.2, 0.25) is 0 Å². The first-order valence-electron chi connectivity index (χ1n) is 4.49. The second kappa shape index (κ2) is 5.04. The number of rotatable bonds is 2. The highest BCUT2D eigenvalue weighted by molar-refractivity contribution is 9.10. The van der Waals surface area contributed by atoms with E-state index in [2.05, 4.69) is 26.2 Å². The third kappa shape index (κ3) is 2.88. The van der Waals surface area contributed by atoms with Crippen LogP contribution in [0.5, 0.6) is 0 Å². The third-order valence-electron chi connectivity index (χ3n) is 1.93. The zero-order valence-electron chi connectivity index (χ0n) is 8.05. The van der Waals surface area contributed by atoms with Crippen molar-refractivity contribution in [3.8, 4) is 0 Å². The lowest BCUT2D eigenvalue weighted by atomic mass is 10.3. The number of halogens is 3. The van der Waals surface area contributed by atoms with Crippen LogP contribution in [0, 0.1) is 0 Å². The van der Waals surface area contributed by atoms with Crippen molar-refractivity contribution in [2.24, 2.45) is 0 Å². The quantitative estimate of drug-likeness (QED) is 0.797. The molecule has 2 nitrogen and oxygen atoms in total. The predicted molar refractivity (Wildman–Crippen MR) is 71.7 cm³/mol. The first-order chi connectivity index (χ1) is 7.65. The van der Waals surface area contributed by atoms with Gasteiger partial charge in [0.15, 0.2) is 0 Å². The highest BCUT2D eigenvalue weighted by Gasteiger charge is 2.00. The predicted octanol–water partition coefficient (Wildman–Crippen LogP) is 4.89. The Morgan fingerprint density at radius 3 is 2.50 bits per heavy atom. The van der Waals surface area contributed by atoms with Gasteiger partial charge in [-0.25, -0.2) is 4.98 Å². The fourth-order valence-electron chi connectivity index (χ4n) is 1.22. The molecule has 1 heterocycles. The molecular formula is C11H7BrCl2N2. The van der Waals surface area contributed by atoms with E-state index in [0.717, 1.165) is 15.8 Å². The van der Waals surface area contributed by atoms with Crippen molar-refractivity contribution in [1.29, 1.82) is 0 Å². The maximum absolute atomic E-state index is 5.90. The van der Waals surface area contributed by atoms with Crippen LogP contribution < -0.4 is 5.32 Å². The maximum Gasteiger partial charge on any atom is 0.131 e. The Morgan fingerprint density at radius 1 is 1.06 bits per heavy atom. The highest BCUT2D eigenvalue weighted by atomic mass is 79.9. The van der Waals surface area contributed by atoms with Gasteiger partial charge in [0.1, 0.15) is 5.15 Å². The number of aromatic nitrogens is 1. The Morgan fingerprint density at radius 2 is 1.81 bits per heavy atom. The molecule has 0 spiro atoms. The number of nitrogens with zero attached hydrogens (tertiary/aromatic N) is 1. The minimum atomic E-state index is 0.457. The van der Waals surface area contributed by atoms with Crippen LogP contribution in [-0.4, -0.2) is 4.98 Å². The van der Waals surface area contributed by atoms with Crippen molar-refractivity contribution in [3.63, 3.8) is 0 Å². The number of hydrogen-bond acceptors (Lipinski definition) is 2. The fourth-order valence-corrected chi connectivity index (χ4v) is 1.89. The Hall–Kier alpha value is -0.770. The minimum Gasteiger partial charge on any atom is -0.355 e. The second-order valence-corrected chi connectivity index (χ2v) is 4.77. The zero-order valence-corrected chi connectivity index (χ0v) is 11.1. The van der Waals surface area contributed by atoms with E-state index in [0.29, 0.717) is 10.2 Å². The molecule has 0 saturated heterocycles. The zero-order chi connectivity index (χ0) is 11.5. The van der Waals surface area contributed by atoms with Gasteiger partial charge < -0.3 is 5.32 Å². The molecule has 0 bridgehead atoms. The van der Waals surface area contributed by atoms with Crippen LogP contribution in [0.2, 0.25) is 10.2 Å². The highest BCUT2D eigenvalue weighted by Crippen LogP contribution is 2.27. The number of pyridine rings is 1. The maximum atomic E-state index is 5.90. The molecule has 0 aliphatic rings. The average Bonchev–Trinajstić information content (AvgIpc) is 2.24. The molecule has 2 rings (SSSR count). The number of anilines is 2. The molecule has 0 saturated carbocycles. The first kappa shape index (κ1) is 11.7. The van der Waals surface area contributed by atoms with E-state index in [4.69, 9.17) is 23.2 Å². The van der Waals surface area contributed by atoms with Crippen molar-refractivity contribution in [2.75, 3.05) is 5.32 Å². The Labute approximate surface area is 112 Å². The first-order valence-corrected chi connectivity index (χ1v) is 6.04. The number of hydrogen-bond donors (Lipinski definition) is 1. The molecule has 0 fully saturated rings. The lowest BCUT2D eigenvalue weighted by Crippen LogP contribution is -1.90.